The van der Waals surface area contributed by atoms with Gasteiger partial charge in [0.05, 0.1) is 17.9 Å². The summed E-state index contributed by atoms with van der Waals surface area (Å²) in [7, 11) is 0. The van der Waals surface area contributed by atoms with E-state index in [-0.39, 0.29) is 24.2 Å². The summed E-state index contributed by atoms with van der Waals surface area (Å²) in [5.41, 5.74) is 1.60. The molecule has 0 saturated heterocycles. The molecule has 3 N–H and O–H groups in total. The highest BCUT2D eigenvalue weighted by Gasteiger charge is 2.22. The van der Waals surface area contributed by atoms with Crippen molar-refractivity contribution in [2.24, 2.45) is 0 Å². The maximum Gasteiger partial charge on any atom is 0.252 e. The van der Waals surface area contributed by atoms with E-state index < -0.39 is 0 Å². The zero-order valence-corrected chi connectivity index (χ0v) is 13.1. The molecule has 1 fully saturated rings. The molecule has 1 saturated carbocycles. The Morgan fingerprint density at radius 1 is 1.22 bits per heavy atom. The standard InChI is InChI=1S/C16H16FN3O2S/c17-11-1-4-13(14(7-11)19-12-2-3-12)20-15(21)8-18-16(22)10-5-6-23-9-10/h1,4-7,9,12,19H,2-3,8H2,(H,18,22)(H,20,21). The van der Waals surface area contributed by atoms with E-state index in [9.17, 15) is 14.0 Å². The first kappa shape index (κ1) is 15.5. The number of hydrogen-bond acceptors (Lipinski definition) is 4. The van der Waals surface area contributed by atoms with Crippen molar-refractivity contribution in [2.45, 2.75) is 18.9 Å². The number of anilines is 2. The zero-order chi connectivity index (χ0) is 16.2. The van der Waals surface area contributed by atoms with Crippen molar-refractivity contribution in [3.8, 4) is 0 Å². The summed E-state index contributed by atoms with van der Waals surface area (Å²) in [5.74, 6) is -1.02. The molecular weight excluding hydrogens is 317 g/mol. The van der Waals surface area contributed by atoms with Gasteiger partial charge in [0.2, 0.25) is 5.91 Å². The zero-order valence-electron chi connectivity index (χ0n) is 12.3. The number of amides is 2. The molecule has 0 aliphatic heterocycles. The summed E-state index contributed by atoms with van der Waals surface area (Å²) in [4.78, 5) is 23.8. The summed E-state index contributed by atoms with van der Waals surface area (Å²) < 4.78 is 13.4. The van der Waals surface area contributed by atoms with Gasteiger partial charge in [-0.3, -0.25) is 9.59 Å². The van der Waals surface area contributed by atoms with Gasteiger partial charge in [-0.15, -0.1) is 0 Å². The van der Waals surface area contributed by atoms with E-state index in [2.05, 4.69) is 16.0 Å². The topological polar surface area (TPSA) is 70.2 Å². The molecule has 0 bridgehead atoms. The van der Waals surface area contributed by atoms with Crippen LogP contribution in [0, 0.1) is 5.82 Å². The van der Waals surface area contributed by atoms with Crippen molar-refractivity contribution in [2.75, 3.05) is 17.2 Å². The molecule has 0 radical (unpaired) electrons. The lowest BCUT2D eigenvalue weighted by Crippen LogP contribution is -2.32. The number of rotatable bonds is 6. The molecule has 1 aromatic heterocycles. The van der Waals surface area contributed by atoms with Crippen LogP contribution in [0.25, 0.3) is 0 Å². The van der Waals surface area contributed by atoms with Crippen LogP contribution in [-0.4, -0.2) is 24.4 Å². The summed E-state index contributed by atoms with van der Waals surface area (Å²) in [6, 6.07) is 6.19. The minimum atomic E-state index is -0.364. The number of benzene rings is 1. The van der Waals surface area contributed by atoms with Crippen LogP contribution in [0.4, 0.5) is 15.8 Å². The Balaban J connectivity index is 1.58. The van der Waals surface area contributed by atoms with E-state index >= 15 is 0 Å². The van der Waals surface area contributed by atoms with Crippen LogP contribution < -0.4 is 16.0 Å². The Morgan fingerprint density at radius 3 is 2.74 bits per heavy atom. The van der Waals surface area contributed by atoms with Crippen molar-refractivity contribution >= 4 is 34.5 Å². The van der Waals surface area contributed by atoms with E-state index in [4.69, 9.17) is 0 Å². The molecule has 23 heavy (non-hydrogen) atoms. The summed E-state index contributed by atoms with van der Waals surface area (Å²) in [5, 5.41) is 11.9. The molecule has 0 unspecified atom stereocenters. The molecule has 0 atom stereocenters. The van der Waals surface area contributed by atoms with Crippen molar-refractivity contribution in [3.63, 3.8) is 0 Å². The van der Waals surface area contributed by atoms with Gasteiger partial charge in [0.1, 0.15) is 5.82 Å². The van der Waals surface area contributed by atoms with E-state index in [0.717, 1.165) is 12.8 Å². The second-order valence-corrected chi connectivity index (χ2v) is 6.13. The maximum absolute atomic E-state index is 13.4. The van der Waals surface area contributed by atoms with Gasteiger partial charge < -0.3 is 16.0 Å². The average molecular weight is 333 g/mol. The molecule has 120 valence electrons. The number of halogens is 1. The van der Waals surface area contributed by atoms with Crippen LogP contribution >= 0.6 is 11.3 Å². The van der Waals surface area contributed by atoms with Gasteiger partial charge in [0, 0.05) is 17.0 Å². The molecule has 5 nitrogen and oxygen atoms in total. The third-order valence-electron chi connectivity index (χ3n) is 3.39. The molecule has 1 aromatic carbocycles. The Labute approximate surface area is 136 Å². The minimum Gasteiger partial charge on any atom is -0.381 e. The van der Waals surface area contributed by atoms with Crippen LogP contribution in [0.3, 0.4) is 0 Å². The predicted octanol–water partition coefficient (Wildman–Crippen LogP) is 2.83. The van der Waals surface area contributed by atoms with Gasteiger partial charge in [-0.2, -0.15) is 11.3 Å². The van der Waals surface area contributed by atoms with Crippen molar-refractivity contribution in [1.82, 2.24) is 5.32 Å². The average Bonchev–Trinajstić information content (AvgIpc) is 3.16. The second-order valence-electron chi connectivity index (χ2n) is 5.35. The molecule has 1 aliphatic rings. The van der Waals surface area contributed by atoms with Gasteiger partial charge in [0.15, 0.2) is 0 Å². The fraction of sp³-hybridized carbons (Fsp3) is 0.250. The number of hydrogen-bond donors (Lipinski definition) is 3. The summed E-state index contributed by atoms with van der Waals surface area (Å²) in [6.45, 7) is -0.144. The lowest BCUT2D eigenvalue weighted by Gasteiger charge is -2.13. The first-order valence-corrected chi connectivity index (χ1v) is 8.22. The largest absolute Gasteiger partial charge is 0.381 e. The Hall–Kier alpha value is -2.41. The Kier molecular flexibility index (Phi) is 4.57. The first-order valence-electron chi connectivity index (χ1n) is 7.28. The first-order chi connectivity index (χ1) is 11.1. The van der Waals surface area contributed by atoms with E-state index in [0.29, 0.717) is 23.0 Å². The molecule has 0 spiro atoms. The fourth-order valence-electron chi connectivity index (χ4n) is 2.04. The Morgan fingerprint density at radius 2 is 2.04 bits per heavy atom. The molecule has 2 amide bonds. The van der Waals surface area contributed by atoms with Crippen molar-refractivity contribution < 1.29 is 14.0 Å². The molecular formula is C16H16FN3O2S. The van der Waals surface area contributed by atoms with Crippen LogP contribution in [0.2, 0.25) is 0 Å². The number of thiophene rings is 1. The van der Waals surface area contributed by atoms with Crippen LogP contribution in [0.1, 0.15) is 23.2 Å². The molecule has 1 aliphatic carbocycles. The number of nitrogens with one attached hydrogen (secondary N) is 3. The van der Waals surface area contributed by atoms with Crippen LogP contribution in [-0.2, 0) is 4.79 Å². The van der Waals surface area contributed by atoms with Crippen molar-refractivity contribution in [1.29, 1.82) is 0 Å². The van der Waals surface area contributed by atoms with Gasteiger partial charge >= 0.3 is 0 Å². The molecule has 7 heteroatoms. The molecule has 1 heterocycles. The van der Waals surface area contributed by atoms with Gasteiger partial charge in [0.25, 0.3) is 5.91 Å². The van der Waals surface area contributed by atoms with E-state index in [1.165, 1.54) is 29.5 Å². The van der Waals surface area contributed by atoms with Crippen LogP contribution in [0.15, 0.2) is 35.0 Å². The van der Waals surface area contributed by atoms with E-state index in [1.807, 2.05) is 0 Å². The molecule has 3 rings (SSSR count). The van der Waals surface area contributed by atoms with Gasteiger partial charge in [-0.05, 0) is 42.5 Å². The van der Waals surface area contributed by atoms with Crippen LogP contribution in [0.5, 0.6) is 0 Å². The predicted molar refractivity (Wildman–Crippen MR) is 88.3 cm³/mol. The highest BCUT2D eigenvalue weighted by Crippen LogP contribution is 2.30. The third-order valence-corrected chi connectivity index (χ3v) is 4.07. The third kappa shape index (κ3) is 4.29. The van der Waals surface area contributed by atoms with Gasteiger partial charge in [-0.1, -0.05) is 0 Å². The number of carbonyl (C=O) groups is 2. The smallest absolute Gasteiger partial charge is 0.252 e. The quantitative estimate of drug-likeness (QED) is 0.761. The normalized spacial score (nSPS) is 13.4. The fourth-order valence-corrected chi connectivity index (χ4v) is 2.68. The minimum absolute atomic E-state index is 0.144. The highest BCUT2D eigenvalue weighted by molar-refractivity contribution is 7.08. The SMILES string of the molecule is O=C(CNC(=O)c1ccsc1)Nc1ccc(F)cc1NC1CC1. The van der Waals surface area contributed by atoms with Gasteiger partial charge in [-0.25, -0.2) is 4.39 Å². The maximum atomic E-state index is 13.4. The number of carbonyl (C=O) groups excluding carboxylic acids is 2. The summed E-state index contributed by atoms with van der Waals surface area (Å²) in [6.07, 6.45) is 2.08. The monoisotopic (exact) mass is 333 g/mol. The molecule has 2 aromatic rings. The lowest BCUT2D eigenvalue weighted by atomic mass is 10.2. The lowest BCUT2D eigenvalue weighted by molar-refractivity contribution is -0.115. The van der Waals surface area contributed by atoms with E-state index in [1.54, 1.807) is 16.8 Å². The Bertz CT molecular complexity index is 714. The summed E-state index contributed by atoms with van der Waals surface area (Å²) >= 11 is 1.41. The second kappa shape index (κ2) is 6.78. The highest BCUT2D eigenvalue weighted by atomic mass is 32.1. The van der Waals surface area contributed by atoms with Crippen molar-refractivity contribution in [3.05, 3.63) is 46.4 Å².